The van der Waals surface area contributed by atoms with E-state index in [0.717, 1.165) is 5.39 Å². The van der Waals surface area contributed by atoms with E-state index < -0.39 is 5.69 Å². The summed E-state index contributed by atoms with van der Waals surface area (Å²) in [5.74, 6) is 0.352. The molecule has 1 saturated heterocycles. The Morgan fingerprint density at radius 3 is 2.60 bits per heavy atom. The zero-order valence-corrected chi connectivity index (χ0v) is 20.4. The van der Waals surface area contributed by atoms with Crippen molar-refractivity contribution in [2.45, 2.75) is 26.3 Å². The zero-order chi connectivity index (χ0) is 24.9. The third-order valence-corrected chi connectivity index (χ3v) is 6.32. The van der Waals surface area contributed by atoms with Crippen LogP contribution in [0.2, 0.25) is 5.02 Å². The van der Waals surface area contributed by atoms with Gasteiger partial charge in [-0.3, -0.25) is 14.2 Å². The van der Waals surface area contributed by atoms with Gasteiger partial charge in [0.1, 0.15) is 18.1 Å². The monoisotopic (exact) mass is 498 g/mol. The predicted octanol–water partition coefficient (Wildman–Crippen LogP) is 3.48. The van der Waals surface area contributed by atoms with Crippen LogP contribution in [0.4, 0.5) is 11.5 Å². The normalized spacial score (nSPS) is 14.1. The Kier molecular flexibility index (Phi) is 7.55. The largest absolute Gasteiger partial charge is 0.495 e. The number of carbonyl (C=O) groups excluding carboxylic acids is 2. The van der Waals surface area contributed by atoms with Crippen molar-refractivity contribution < 1.29 is 19.1 Å². The van der Waals surface area contributed by atoms with Crippen molar-refractivity contribution >= 4 is 45.9 Å². The zero-order valence-electron chi connectivity index (χ0n) is 19.6. The summed E-state index contributed by atoms with van der Waals surface area (Å²) < 4.78 is 11.6. The first kappa shape index (κ1) is 24.5. The summed E-state index contributed by atoms with van der Waals surface area (Å²) in [7, 11) is 1.51. The number of para-hydroxylation sites is 1. The first-order valence-corrected chi connectivity index (χ1v) is 11.8. The predicted molar refractivity (Wildman–Crippen MR) is 134 cm³/mol. The number of halogens is 1. The second-order valence-electron chi connectivity index (χ2n) is 8.23. The van der Waals surface area contributed by atoms with Gasteiger partial charge in [-0.05, 0) is 50.1 Å². The number of aromatic nitrogens is 2. The molecule has 4 rings (SSSR count). The van der Waals surface area contributed by atoms with E-state index in [1.807, 2.05) is 23.1 Å². The molecule has 2 heterocycles. The standard InChI is InChI=1S/C25H27ClN4O5/c1-3-35-24(32)16-10-12-29(13-11-16)23-18-6-4-5-7-20(18)30(25(33)28-23)15-22(31)27-17-8-9-21(34-2)19(26)14-17/h4-9,14,16H,3,10-13,15H2,1-2H3,(H,27,31). The van der Waals surface area contributed by atoms with Crippen molar-refractivity contribution in [2.24, 2.45) is 5.92 Å². The number of rotatable bonds is 7. The molecule has 10 heteroatoms. The maximum Gasteiger partial charge on any atom is 0.350 e. The van der Waals surface area contributed by atoms with Crippen LogP contribution in [0.3, 0.4) is 0 Å². The van der Waals surface area contributed by atoms with Crippen LogP contribution in [-0.4, -0.2) is 48.2 Å². The van der Waals surface area contributed by atoms with Gasteiger partial charge in [0.2, 0.25) is 5.91 Å². The van der Waals surface area contributed by atoms with Crippen LogP contribution < -0.4 is 20.6 Å². The average molecular weight is 499 g/mol. The molecule has 0 radical (unpaired) electrons. The number of benzene rings is 2. The number of amides is 1. The second-order valence-corrected chi connectivity index (χ2v) is 8.64. The number of esters is 1. The fourth-order valence-corrected chi connectivity index (χ4v) is 4.54. The summed E-state index contributed by atoms with van der Waals surface area (Å²) in [4.78, 5) is 44.2. The number of carbonyl (C=O) groups is 2. The van der Waals surface area contributed by atoms with Gasteiger partial charge >= 0.3 is 11.7 Å². The topological polar surface area (TPSA) is 103 Å². The highest BCUT2D eigenvalue weighted by Crippen LogP contribution is 2.29. The Hall–Kier alpha value is -3.59. The number of piperidine rings is 1. The molecule has 3 aromatic rings. The number of fused-ring (bicyclic) bond motifs is 1. The van der Waals surface area contributed by atoms with Gasteiger partial charge in [0.05, 0.1) is 30.2 Å². The van der Waals surface area contributed by atoms with Crippen LogP contribution >= 0.6 is 11.6 Å². The van der Waals surface area contributed by atoms with Crippen molar-refractivity contribution in [1.82, 2.24) is 9.55 Å². The van der Waals surface area contributed by atoms with Crippen LogP contribution in [0.1, 0.15) is 19.8 Å². The fraction of sp³-hybridized carbons (Fsp3) is 0.360. The molecular weight excluding hydrogens is 472 g/mol. The van der Waals surface area contributed by atoms with E-state index in [4.69, 9.17) is 21.1 Å². The van der Waals surface area contributed by atoms with Crippen molar-refractivity contribution in [2.75, 3.05) is 37.0 Å². The van der Waals surface area contributed by atoms with E-state index in [1.165, 1.54) is 11.7 Å². The maximum absolute atomic E-state index is 13.0. The molecule has 9 nitrogen and oxygen atoms in total. The van der Waals surface area contributed by atoms with Gasteiger partial charge in [0, 0.05) is 24.2 Å². The minimum atomic E-state index is -0.519. The van der Waals surface area contributed by atoms with Crippen LogP contribution in [0.5, 0.6) is 5.75 Å². The molecule has 184 valence electrons. The Morgan fingerprint density at radius 1 is 1.17 bits per heavy atom. The van der Waals surface area contributed by atoms with Crippen LogP contribution in [-0.2, 0) is 20.9 Å². The molecule has 0 bridgehead atoms. The number of nitrogens with one attached hydrogen (secondary N) is 1. The van der Waals surface area contributed by atoms with Crippen molar-refractivity contribution in [3.8, 4) is 5.75 Å². The molecule has 1 amide bonds. The Morgan fingerprint density at radius 2 is 1.91 bits per heavy atom. The quantitative estimate of drug-likeness (QED) is 0.497. The van der Waals surface area contributed by atoms with Gasteiger partial charge in [0.15, 0.2) is 0 Å². The van der Waals surface area contributed by atoms with Crippen molar-refractivity contribution in [3.63, 3.8) is 0 Å². The molecule has 0 atom stereocenters. The van der Waals surface area contributed by atoms with E-state index in [2.05, 4.69) is 10.3 Å². The van der Waals surface area contributed by atoms with Gasteiger partial charge in [-0.2, -0.15) is 4.98 Å². The third kappa shape index (κ3) is 5.40. The van der Waals surface area contributed by atoms with Crippen molar-refractivity contribution in [3.05, 3.63) is 58.0 Å². The number of hydrogen-bond acceptors (Lipinski definition) is 7. The highest BCUT2D eigenvalue weighted by Gasteiger charge is 2.28. The highest BCUT2D eigenvalue weighted by atomic mass is 35.5. The second kappa shape index (κ2) is 10.8. The molecule has 0 unspecified atom stereocenters. The number of ether oxygens (including phenoxy) is 2. The van der Waals surface area contributed by atoms with Gasteiger partial charge in [-0.1, -0.05) is 23.7 Å². The summed E-state index contributed by atoms with van der Waals surface area (Å²) in [6, 6.07) is 12.3. The van der Waals surface area contributed by atoms with E-state index >= 15 is 0 Å². The lowest BCUT2D eigenvalue weighted by Crippen LogP contribution is -2.39. The molecule has 1 N–H and O–H groups in total. The molecule has 0 spiro atoms. The summed E-state index contributed by atoms with van der Waals surface area (Å²) in [5.41, 5.74) is 0.583. The molecular formula is C25H27ClN4O5. The smallest absolute Gasteiger partial charge is 0.350 e. The number of methoxy groups -OCH3 is 1. The third-order valence-electron chi connectivity index (χ3n) is 6.02. The van der Waals surface area contributed by atoms with Gasteiger partial charge in [-0.25, -0.2) is 4.79 Å². The van der Waals surface area contributed by atoms with Crippen LogP contribution in [0.25, 0.3) is 10.9 Å². The first-order valence-electron chi connectivity index (χ1n) is 11.5. The lowest BCUT2D eigenvalue weighted by atomic mass is 9.97. The minimum absolute atomic E-state index is 0.145. The number of anilines is 2. The molecule has 2 aromatic carbocycles. The van der Waals surface area contributed by atoms with Gasteiger partial charge in [0.25, 0.3) is 0 Å². The Labute approximate surface area is 207 Å². The molecule has 1 aromatic heterocycles. The van der Waals surface area contributed by atoms with E-state index in [9.17, 15) is 14.4 Å². The summed E-state index contributed by atoms with van der Waals surface area (Å²) in [6.07, 6.45) is 1.26. The van der Waals surface area contributed by atoms with Crippen LogP contribution in [0, 0.1) is 5.92 Å². The summed E-state index contributed by atoms with van der Waals surface area (Å²) in [5, 5.41) is 3.89. The van der Waals surface area contributed by atoms with E-state index in [1.54, 1.807) is 31.2 Å². The molecule has 0 saturated carbocycles. The summed E-state index contributed by atoms with van der Waals surface area (Å²) in [6.45, 7) is 3.12. The summed E-state index contributed by atoms with van der Waals surface area (Å²) >= 11 is 6.14. The SMILES string of the molecule is CCOC(=O)C1CCN(c2nc(=O)n(CC(=O)Nc3ccc(OC)c(Cl)c3)c3ccccc23)CC1. The number of hydrogen-bond donors (Lipinski definition) is 1. The lowest BCUT2D eigenvalue weighted by molar-refractivity contribution is -0.148. The maximum atomic E-state index is 13.0. The van der Waals surface area contributed by atoms with E-state index in [0.29, 0.717) is 60.3 Å². The number of nitrogens with zero attached hydrogens (tertiary/aromatic N) is 3. The van der Waals surface area contributed by atoms with Crippen LogP contribution in [0.15, 0.2) is 47.3 Å². The first-order chi connectivity index (χ1) is 16.9. The molecule has 1 aliphatic heterocycles. The Balaban J connectivity index is 1.55. The van der Waals surface area contributed by atoms with E-state index in [-0.39, 0.29) is 24.3 Å². The van der Waals surface area contributed by atoms with Crippen molar-refractivity contribution in [1.29, 1.82) is 0 Å². The minimum Gasteiger partial charge on any atom is -0.495 e. The highest BCUT2D eigenvalue weighted by molar-refractivity contribution is 6.32. The fourth-order valence-electron chi connectivity index (χ4n) is 4.28. The molecule has 1 fully saturated rings. The molecule has 35 heavy (non-hydrogen) atoms. The van der Waals surface area contributed by atoms with Gasteiger partial charge < -0.3 is 19.7 Å². The molecule has 1 aliphatic rings. The lowest BCUT2D eigenvalue weighted by Gasteiger charge is -2.32. The average Bonchev–Trinajstić information content (AvgIpc) is 2.86. The Bertz CT molecular complexity index is 1300. The van der Waals surface area contributed by atoms with Gasteiger partial charge in [-0.15, -0.1) is 0 Å². The molecule has 0 aliphatic carbocycles.